The maximum absolute atomic E-state index is 11.5. The zero-order valence-electron chi connectivity index (χ0n) is 9.25. The molecule has 0 aliphatic carbocycles. The summed E-state index contributed by atoms with van der Waals surface area (Å²) >= 11 is 9.37. The average Bonchev–Trinajstić information content (AvgIpc) is 2.28. The molecule has 1 aromatic heterocycles. The molecule has 0 amide bonds. The summed E-state index contributed by atoms with van der Waals surface area (Å²) in [6, 6.07) is 5.52. The third kappa shape index (κ3) is 2.28. The molecule has 0 atom stereocenters. The molecule has 0 aliphatic heterocycles. The number of carbonyl (C=O) groups excluding carboxylic acids is 1. The van der Waals surface area contributed by atoms with Crippen molar-refractivity contribution in [2.75, 3.05) is 7.11 Å². The van der Waals surface area contributed by atoms with Gasteiger partial charge in [-0.05, 0) is 30.7 Å². The molecule has 2 rings (SSSR count). The maximum Gasteiger partial charge on any atom is 0.341 e. The van der Waals surface area contributed by atoms with Gasteiger partial charge >= 0.3 is 5.97 Å². The number of hydrogen-bond acceptors (Lipinski definition) is 3. The van der Waals surface area contributed by atoms with Crippen LogP contribution < -0.4 is 0 Å². The minimum absolute atomic E-state index is 0.162. The van der Waals surface area contributed by atoms with Crippen molar-refractivity contribution in [3.05, 3.63) is 39.0 Å². The molecule has 0 unspecified atom stereocenters. The normalized spacial score (nSPS) is 10.6. The summed E-state index contributed by atoms with van der Waals surface area (Å²) in [6.07, 6.45) is 0. The molecule has 0 saturated carbocycles. The molecule has 3 nitrogen and oxygen atoms in total. The van der Waals surface area contributed by atoms with Crippen LogP contribution in [-0.2, 0) is 4.74 Å². The number of aryl methyl sites for hydroxylation is 1. The summed E-state index contributed by atoms with van der Waals surface area (Å²) in [6.45, 7) is 1.94. The lowest BCUT2D eigenvalue weighted by atomic mass is 10.1. The van der Waals surface area contributed by atoms with Crippen LogP contribution in [0.1, 0.15) is 15.9 Å². The quantitative estimate of drug-likeness (QED) is 0.594. The van der Waals surface area contributed by atoms with Gasteiger partial charge in [0.25, 0.3) is 0 Å². The van der Waals surface area contributed by atoms with E-state index in [9.17, 15) is 4.79 Å². The number of pyridine rings is 1. The Morgan fingerprint density at radius 2 is 2.12 bits per heavy atom. The van der Waals surface area contributed by atoms with E-state index in [0.29, 0.717) is 0 Å². The molecule has 0 spiro atoms. The molecule has 0 N–H and O–H groups in total. The molecule has 1 aromatic carbocycles. The van der Waals surface area contributed by atoms with E-state index in [0.717, 1.165) is 20.9 Å². The van der Waals surface area contributed by atoms with Gasteiger partial charge in [0.05, 0.1) is 18.2 Å². The number of fused-ring (bicyclic) bond motifs is 1. The van der Waals surface area contributed by atoms with Gasteiger partial charge in [0.15, 0.2) is 0 Å². The summed E-state index contributed by atoms with van der Waals surface area (Å²) in [7, 11) is 1.31. The molecule has 2 aromatic rings. The minimum atomic E-state index is -0.484. The fraction of sp³-hybridized carbons (Fsp3) is 0.167. The Labute approximate surface area is 112 Å². The molecule has 0 fully saturated rings. The Morgan fingerprint density at radius 3 is 2.76 bits per heavy atom. The number of ether oxygens (including phenoxy) is 1. The summed E-state index contributed by atoms with van der Waals surface area (Å²) in [5, 5.41) is 1.01. The van der Waals surface area contributed by atoms with Gasteiger partial charge in [-0.2, -0.15) is 0 Å². The number of methoxy groups -OCH3 is 1. The molecule has 0 radical (unpaired) electrons. The van der Waals surface area contributed by atoms with Gasteiger partial charge < -0.3 is 4.74 Å². The number of aromatic nitrogens is 1. The van der Waals surface area contributed by atoms with Crippen molar-refractivity contribution >= 4 is 44.4 Å². The first-order valence-corrected chi connectivity index (χ1v) is 6.04. The highest BCUT2D eigenvalue weighted by atomic mass is 79.9. The monoisotopic (exact) mass is 313 g/mol. The van der Waals surface area contributed by atoms with E-state index in [2.05, 4.69) is 25.7 Å². The highest BCUT2D eigenvalue weighted by Gasteiger charge is 2.14. The Hall–Kier alpha value is -1.13. The number of hydrogen-bond donors (Lipinski definition) is 0. The zero-order valence-corrected chi connectivity index (χ0v) is 11.6. The maximum atomic E-state index is 11.5. The molecule has 5 heteroatoms. The number of nitrogens with zero attached hydrogens (tertiary/aromatic N) is 1. The molecule has 17 heavy (non-hydrogen) atoms. The average molecular weight is 315 g/mol. The largest absolute Gasteiger partial charge is 0.465 e. The van der Waals surface area contributed by atoms with E-state index < -0.39 is 5.97 Å². The van der Waals surface area contributed by atoms with Gasteiger partial charge in [-0.3, -0.25) is 0 Å². The SMILES string of the molecule is COC(=O)c1cc2cc(Br)cc(C)c2nc1Cl. The van der Waals surface area contributed by atoms with E-state index in [1.165, 1.54) is 7.11 Å². The van der Waals surface area contributed by atoms with Gasteiger partial charge in [-0.25, -0.2) is 9.78 Å². The topological polar surface area (TPSA) is 39.2 Å². The van der Waals surface area contributed by atoms with Crippen LogP contribution in [0.4, 0.5) is 0 Å². The molecule has 0 aliphatic rings. The van der Waals surface area contributed by atoms with E-state index in [1.807, 2.05) is 19.1 Å². The van der Waals surface area contributed by atoms with Crippen LogP contribution in [0.2, 0.25) is 5.15 Å². The van der Waals surface area contributed by atoms with E-state index in [1.54, 1.807) is 6.07 Å². The van der Waals surface area contributed by atoms with Crippen molar-refractivity contribution in [2.24, 2.45) is 0 Å². The van der Waals surface area contributed by atoms with Crippen molar-refractivity contribution in [3.8, 4) is 0 Å². The van der Waals surface area contributed by atoms with Gasteiger partial charge in [0.1, 0.15) is 5.15 Å². The van der Waals surface area contributed by atoms with E-state index in [-0.39, 0.29) is 10.7 Å². The molecule has 88 valence electrons. The van der Waals surface area contributed by atoms with Gasteiger partial charge in [-0.15, -0.1) is 0 Å². The smallest absolute Gasteiger partial charge is 0.341 e. The predicted molar refractivity (Wildman–Crippen MR) is 70.5 cm³/mol. The third-order valence-corrected chi connectivity index (χ3v) is 3.18. The molecule has 0 saturated heterocycles. The van der Waals surface area contributed by atoms with Gasteiger partial charge in [-0.1, -0.05) is 27.5 Å². The van der Waals surface area contributed by atoms with Crippen LogP contribution in [0.15, 0.2) is 22.7 Å². The van der Waals surface area contributed by atoms with Gasteiger partial charge in [0.2, 0.25) is 0 Å². The van der Waals surface area contributed by atoms with Crippen molar-refractivity contribution in [1.82, 2.24) is 4.98 Å². The zero-order chi connectivity index (χ0) is 12.6. The van der Waals surface area contributed by atoms with Crippen LogP contribution >= 0.6 is 27.5 Å². The fourth-order valence-electron chi connectivity index (χ4n) is 1.65. The Kier molecular flexibility index (Phi) is 3.35. The van der Waals surface area contributed by atoms with Crippen molar-refractivity contribution in [3.63, 3.8) is 0 Å². The van der Waals surface area contributed by atoms with Crippen molar-refractivity contribution in [1.29, 1.82) is 0 Å². The summed E-state index contributed by atoms with van der Waals surface area (Å²) in [5.41, 5.74) is 2.05. The first kappa shape index (κ1) is 12.3. The Morgan fingerprint density at radius 1 is 1.41 bits per heavy atom. The molecular weight excluding hydrogens is 305 g/mol. The molecular formula is C12H9BrClNO2. The number of rotatable bonds is 1. The van der Waals surface area contributed by atoms with Crippen LogP contribution in [0.3, 0.4) is 0 Å². The second kappa shape index (κ2) is 4.63. The Balaban J connectivity index is 2.76. The highest BCUT2D eigenvalue weighted by molar-refractivity contribution is 9.10. The standard InChI is InChI=1S/C12H9BrClNO2/c1-6-3-8(13)4-7-5-9(12(16)17-2)11(14)15-10(6)7/h3-5H,1-2H3. The summed E-state index contributed by atoms with van der Waals surface area (Å²) < 4.78 is 5.58. The number of halogens is 2. The lowest BCUT2D eigenvalue weighted by Gasteiger charge is -2.07. The van der Waals surface area contributed by atoms with Crippen LogP contribution in [0, 0.1) is 6.92 Å². The lowest BCUT2D eigenvalue weighted by Crippen LogP contribution is -2.03. The molecule has 1 heterocycles. The molecule has 0 bridgehead atoms. The third-order valence-electron chi connectivity index (χ3n) is 2.43. The van der Waals surface area contributed by atoms with Crippen LogP contribution in [-0.4, -0.2) is 18.1 Å². The Bertz CT molecular complexity index is 613. The number of esters is 1. The first-order valence-electron chi connectivity index (χ1n) is 4.87. The van der Waals surface area contributed by atoms with Crippen molar-refractivity contribution < 1.29 is 9.53 Å². The summed E-state index contributed by atoms with van der Waals surface area (Å²) in [5.74, 6) is -0.484. The van der Waals surface area contributed by atoms with Crippen LogP contribution in [0.5, 0.6) is 0 Å². The van der Waals surface area contributed by atoms with E-state index >= 15 is 0 Å². The number of carbonyl (C=O) groups is 1. The van der Waals surface area contributed by atoms with Crippen molar-refractivity contribution in [2.45, 2.75) is 6.92 Å². The minimum Gasteiger partial charge on any atom is -0.465 e. The number of benzene rings is 1. The second-order valence-electron chi connectivity index (χ2n) is 3.61. The summed E-state index contributed by atoms with van der Waals surface area (Å²) in [4.78, 5) is 15.7. The van der Waals surface area contributed by atoms with E-state index in [4.69, 9.17) is 11.6 Å². The second-order valence-corrected chi connectivity index (χ2v) is 4.89. The van der Waals surface area contributed by atoms with Crippen LogP contribution in [0.25, 0.3) is 10.9 Å². The first-order chi connectivity index (χ1) is 8.02. The lowest BCUT2D eigenvalue weighted by molar-refractivity contribution is 0.0600. The highest BCUT2D eigenvalue weighted by Crippen LogP contribution is 2.26. The predicted octanol–water partition coefficient (Wildman–Crippen LogP) is 3.75. The fourth-order valence-corrected chi connectivity index (χ4v) is 2.46. The van der Waals surface area contributed by atoms with Gasteiger partial charge in [0, 0.05) is 9.86 Å².